The Hall–Kier alpha value is -2.80. The SMILES string of the molecule is CC(=O)Nc1cc(C(=O)CSc2nc3ccccc3n2C)ccc1O. The monoisotopic (exact) mass is 355 g/mol. The van der Waals surface area contributed by atoms with Crippen molar-refractivity contribution < 1.29 is 14.7 Å². The zero-order chi connectivity index (χ0) is 18.0. The molecule has 0 saturated heterocycles. The Kier molecular flexibility index (Phi) is 4.76. The molecule has 3 aromatic rings. The molecule has 1 aromatic heterocycles. The summed E-state index contributed by atoms with van der Waals surface area (Å²) in [5, 5.41) is 13.0. The highest BCUT2D eigenvalue weighted by atomic mass is 32.2. The van der Waals surface area contributed by atoms with Crippen molar-refractivity contribution in [3.8, 4) is 5.75 Å². The van der Waals surface area contributed by atoms with Gasteiger partial charge in [-0.25, -0.2) is 4.98 Å². The number of aryl methyl sites for hydroxylation is 1. The largest absolute Gasteiger partial charge is 0.506 e. The van der Waals surface area contributed by atoms with Gasteiger partial charge in [-0.15, -0.1) is 0 Å². The highest BCUT2D eigenvalue weighted by Crippen LogP contribution is 2.27. The summed E-state index contributed by atoms with van der Waals surface area (Å²) in [6.07, 6.45) is 0. The number of hydrogen-bond donors (Lipinski definition) is 2. The number of carbonyl (C=O) groups is 2. The lowest BCUT2D eigenvalue weighted by Gasteiger charge is -2.07. The van der Waals surface area contributed by atoms with E-state index in [-0.39, 0.29) is 28.9 Å². The molecule has 3 rings (SSSR count). The van der Waals surface area contributed by atoms with Crippen LogP contribution in [0.25, 0.3) is 11.0 Å². The molecule has 0 aliphatic carbocycles. The summed E-state index contributed by atoms with van der Waals surface area (Å²) < 4.78 is 1.95. The number of phenolic OH excluding ortho intramolecular Hbond substituents is 1. The molecule has 0 fully saturated rings. The summed E-state index contributed by atoms with van der Waals surface area (Å²) in [5.41, 5.74) is 2.55. The van der Waals surface area contributed by atoms with Crippen LogP contribution in [0.4, 0.5) is 5.69 Å². The van der Waals surface area contributed by atoms with Crippen molar-refractivity contribution in [2.75, 3.05) is 11.1 Å². The van der Waals surface area contributed by atoms with E-state index in [1.807, 2.05) is 35.9 Å². The topological polar surface area (TPSA) is 84.2 Å². The quantitative estimate of drug-likeness (QED) is 0.417. The number of aromatic nitrogens is 2. The molecular formula is C18H17N3O3S. The van der Waals surface area contributed by atoms with Crippen molar-refractivity contribution in [1.29, 1.82) is 0 Å². The zero-order valence-electron chi connectivity index (χ0n) is 13.8. The summed E-state index contributed by atoms with van der Waals surface area (Å²) >= 11 is 1.35. The fourth-order valence-electron chi connectivity index (χ4n) is 2.47. The van der Waals surface area contributed by atoms with Crippen molar-refractivity contribution in [1.82, 2.24) is 9.55 Å². The summed E-state index contributed by atoms with van der Waals surface area (Å²) in [6, 6.07) is 12.2. The number of anilines is 1. The van der Waals surface area contributed by atoms with Crippen molar-refractivity contribution in [3.05, 3.63) is 48.0 Å². The maximum absolute atomic E-state index is 12.4. The number of fused-ring (bicyclic) bond motifs is 1. The number of ketones is 1. The van der Waals surface area contributed by atoms with Crippen molar-refractivity contribution >= 4 is 40.2 Å². The van der Waals surface area contributed by atoms with Gasteiger partial charge in [0.2, 0.25) is 5.91 Å². The van der Waals surface area contributed by atoms with E-state index in [0.717, 1.165) is 16.2 Å². The highest BCUT2D eigenvalue weighted by molar-refractivity contribution is 7.99. The molecule has 0 aliphatic rings. The summed E-state index contributed by atoms with van der Waals surface area (Å²) in [4.78, 5) is 28.1. The number of rotatable bonds is 5. The van der Waals surface area contributed by atoms with Gasteiger partial charge < -0.3 is 15.0 Å². The summed E-state index contributed by atoms with van der Waals surface area (Å²) in [5.74, 6) is -0.283. The van der Waals surface area contributed by atoms with Gasteiger partial charge in [-0.2, -0.15) is 0 Å². The van der Waals surface area contributed by atoms with Gasteiger partial charge in [0, 0.05) is 19.5 Å². The number of Topliss-reactive ketones (excluding diaryl/α,β-unsaturated/α-hetero) is 1. The van der Waals surface area contributed by atoms with Crippen molar-refractivity contribution in [3.63, 3.8) is 0 Å². The maximum Gasteiger partial charge on any atom is 0.221 e. The molecule has 0 saturated carbocycles. The minimum atomic E-state index is -0.311. The first kappa shape index (κ1) is 17.0. The molecule has 7 heteroatoms. The molecule has 1 heterocycles. The second kappa shape index (κ2) is 6.98. The Labute approximate surface area is 148 Å². The number of carbonyl (C=O) groups excluding carboxylic acids is 2. The fraction of sp³-hybridized carbons (Fsp3) is 0.167. The van der Waals surface area contributed by atoms with Gasteiger partial charge in [-0.1, -0.05) is 23.9 Å². The smallest absolute Gasteiger partial charge is 0.221 e. The molecule has 0 atom stereocenters. The van der Waals surface area contributed by atoms with Crippen LogP contribution in [-0.4, -0.2) is 32.1 Å². The van der Waals surface area contributed by atoms with Crippen LogP contribution in [0.2, 0.25) is 0 Å². The fourth-order valence-corrected chi connectivity index (χ4v) is 3.35. The average molecular weight is 355 g/mol. The molecule has 6 nitrogen and oxygen atoms in total. The number of para-hydroxylation sites is 2. The minimum Gasteiger partial charge on any atom is -0.506 e. The lowest BCUT2D eigenvalue weighted by molar-refractivity contribution is -0.114. The number of nitrogens with one attached hydrogen (secondary N) is 1. The minimum absolute atomic E-state index is 0.0743. The normalized spacial score (nSPS) is 10.8. The Morgan fingerprint density at radius 2 is 2.00 bits per heavy atom. The van der Waals surface area contributed by atoms with Gasteiger partial charge in [0.25, 0.3) is 0 Å². The van der Waals surface area contributed by atoms with Gasteiger partial charge in [0.1, 0.15) is 5.75 Å². The Morgan fingerprint density at radius 3 is 2.72 bits per heavy atom. The number of aromatic hydroxyl groups is 1. The molecule has 0 aliphatic heterocycles. The molecule has 0 unspecified atom stereocenters. The molecule has 2 aromatic carbocycles. The van der Waals surface area contributed by atoms with Crippen LogP contribution in [0.5, 0.6) is 5.75 Å². The third kappa shape index (κ3) is 3.66. The predicted molar refractivity (Wildman–Crippen MR) is 98.2 cm³/mol. The molecule has 25 heavy (non-hydrogen) atoms. The average Bonchev–Trinajstić information content (AvgIpc) is 2.91. The van der Waals surface area contributed by atoms with E-state index in [1.54, 1.807) is 6.07 Å². The van der Waals surface area contributed by atoms with E-state index in [4.69, 9.17) is 0 Å². The van der Waals surface area contributed by atoms with Gasteiger partial charge in [-0.3, -0.25) is 9.59 Å². The van der Waals surface area contributed by atoms with E-state index in [0.29, 0.717) is 5.56 Å². The third-order valence-electron chi connectivity index (χ3n) is 3.71. The number of phenols is 1. The van der Waals surface area contributed by atoms with Crippen LogP contribution in [-0.2, 0) is 11.8 Å². The Morgan fingerprint density at radius 1 is 1.24 bits per heavy atom. The summed E-state index contributed by atoms with van der Waals surface area (Å²) in [7, 11) is 1.91. The van der Waals surface area contributed by atoms with E-state index in [9.17, 15) is 14.7 Å². The van der Waals surface area contributed by atoms with Crippen LogP contribution in [0, 0.1) is 0 Å². The van der Waals surface area contributed by atoms with E-state index < -0.39 is 0 Å². The Bertz CT molecular complexity index is 965. The Balaban J connectivity index is 1.76. The highest BCUT2D eigenvalue weighted by Gasteiger charge is 2.13. The lowest BCUT2D eigenvalue weighted by atomic mass is 10.1. The van der Waals surface area contributed by atoms with Crippen LogP contribution < -0.4 is 5.32 Å². The predicted octanol–water partition coefficient (Wildman–Crippen LogP) is 3.21. The van der Waals surface area contributed by atoms with Crippen LogP contribution in [0.3, 0.4) is 0 Å². The number of benzene rings is 2. The van der Waals surface area contributed by atoms with Gasteiger partial charge in [0.05, 0.1) is 22.5 Å². The summed E-state index contributed by atoms with van der Waals surface area (Å²) in [6.45, 7) is 1.34. The number of nitrogens with zero attached hydrogens (tertiary/aromatic N) is 2. The number of hydrogen-bond acceptors (Lipinski definition) is 5. The van der Waals surface area contributed by atoms with E-state index in [2.05, 4.69) is 10.3 Å². The molecule has 128 valence electrons. The van der Waals surface area contributed by atoms with Crippen LogP contribution in [0.1, 0.15) is 17.3 Å². The van der Waals surface area contributed by atoms with Crippen molar-refractivity contribution in [2.24, 2.45) is 7.05 Å². The first-order valence-electron chi connectivity index (χ1n) is 7.64. The molecular weight excluding hydrogens is 338 g/mol. The molecule has 2 N–H and O–H groups in total. The number of amides is 1. The van der Waals surface area contributed by atoms with Crippen molar-refractivity contribution in [2.45, 2.75) is 12.1 Å². The van der Waals surface area contributed by atoms with Gasteiger partial charge in [-0.05, 0) is 30.3 Å². The maximum atomic E-state index is 12.4. The van der Waals surface area contributed by atoms with E-state index >= 15 is 0 Å². The van der Waals surface area contributed by atoms with Crippen LogP contribution >= 0.6 is 11.8 Å². The molecule has 0 bridgehead atoms. The number of thioether (sulfide) groups is 1. The van der Waals surface area contributed by atoms with Crippen LogP contribution in [0.15, 0.2) is 47.6 Å². The lowest BCUT2D eigenvalue weighted by Crippen LogP contribution is -2.08. The zero-order valence-corrected chi connectivity index (χ0v) is 14.6. The van der Waals surface area contributed by atoms with E-state index in [1.165, 1.54) is 30.8 Å². The standard InChI is InChI=1S/C18H17N3O3S/c1-11(22)19-14-9-12(7-8-16(14)23)17(24)10-25-18-20-13-5-3-4-6-15(13)21(18)2/h3-9,23H,10H2,1-2H3,(H,19,22). The number of imidazole rings is 1. The molecule has 1 amide bonds. The van der Waals surface area contributed by atoms with Gasteiger partial charge in [0.15, 0.2) is 10.9 Å². The first-order chi connectivity index (χ1) is 12.0. The third-order valence-corrected chi connectivity index (χ3v) is 4.74. The second-order valence-electron chi connectivity index (χ2n) is 5.57. The molecule has 0 spiro atoms. The second-order valence-corrected chi connectivity index (χ2v) is 6.51. The van der Waals surface area contributed by atoms with Gasteiger partial charge >= 0.3 is 0 Å². The molecule has 0 radical (unpaired) electrons. The first-order valence-corrected chi connectivity index (χ1v) is 8.62.